The van der Waals surface area contributed by atoms with Crippen LogP contribution in [-0.4, -0.2) is 9.97 Å². The van der Waals surface area contributed by atoms with Crippen LogP contribution in [0.15, 0.2) is 48.5 Å². The summed E-state index contributed by atoms with van der Waals surface area (Å²) in [5.41, 5.74) is 1.39. The van der Waals surface area contributed by atoms with E-state index in [1.54, 1.807) is 12.1 Å². The summed E-state index contributed by atoms with van der Waals surface area (Å²) in [6, 6.07) is 17.1. The van der Waals surface area contributed by atoms with Crippen LogP contribution in [-0.2, 0) is 0 Å². The predicted octanol–water partition coefficient (Wildman–Crippen LogP) is 6.61. The number of hydrogen-bond acceptors (Lipinski definition) is 3. The molecule has 0 amide bonds. The zero-order valence-electron chi connectivity index (χ0n) is 15.3. The molecule has 1 heterocycles. The van der Waals surface area contributed by atoms with Crippen molar-refractivity contribution in [2.24, 2.45) is 0 Å². The SMILES string of the molecule is [C-]#[N+]c1cc2c(cc1[N+]#[C-])c1c3ccccc3ccc1c1nc(C#N)c([N+]#[C-])nc21. The summed E-state index contributed by atoms with van der Waals surface area (Å²) in [6.07, 6.45) is 0. The highest BCUT2D eigenvalue weighted by Gasteiger charge is 2.20. The molecule has 0 fully saturated rings. The lowest BCUT2D eigenvalue weighted by molar-refractivity contribution is 1.27. The zero-order chi connectivity index (χ0) is 20.8. The number of hydrogen-bond donors (Lipinski definition) is 0. The lowest BCUT2D eigenvalue weighted by atomic mass is 9.94. The van der Waals surface area contributed by atoms with Crippen LogP contribution in [0.1, 0.15) is 5.69 Å². The van der Waals surface area contributed by atoms with Gasteiger partial charge in [0.15, 0.2) is 22.6 Å². The Kier molecular flexibility index (Phi) is 3.56. The molecule has 0 aliphatic rings. The van der Waals surface area contributed by atoms with Crippen molar-refractivity contribution in [3.8, 4) is 6.07 Å². The Bertz CT molecular complexity index is 1740. The first kappa shape index (κ1) is 17.1. The van der Waals surface area contributed by atoms with Crippen LogP contribution in [0.3, 0.4) is 0 Å². The molecular formula is C24H8N6. The van der Waals surface area contributed by atoms with E-state index >= 15 is 0 Å². The van der Waals surface area contributed by atoms with E-state index in [0.717, 1.165) is 26.9 Å². The molecular weight excluding hydrogens is 372 g/mol. The van der Waals surface area contributed by atoms with E-state index in [1.165, 1.54) is 0 Å². The summed E-state index contributed by atoms with van der Waals surface area (Å²) in [7, 11) is 0. The molecule has 0 atom stereocenters. The van der Waals surface area contributed by atoms with E-state index in [-0.39, 0.29) is 22.9 Å². The van der Waals surface area contributed by atoms with Crippen molar-refractivity contribution >= 4 is 60.5 Å². The molecule has 6 heteroatoms. The fraction of sp³-hybridized carbons (Fsp3) is 0. The first-order valence-corrected chi connectivity index (χ1v) is 8.85. The molecule has 0 N–H and O–H groups in total. The quantitative estimate of drug-likeness (QED) is 0.224. The molecule has 0 spiro atoms. The largest absolute Gasteiger partial charge is 0.358 e. The van der Waals surface area contributed by atoms with Crippen molar-refractivity contribution in [2.75, 3.05) is 0 Å². The van der Waals surface area contributed by atoms with Gasteiger partial charge in [-0.15, -0.1) is 4.98 Å². The Labute approximate surface area is 170 Å². The molecule has 4 aromatic carbocycles. The monoisotopic (exact) mass is 380 g/mol. The second-order valence-electron chi connectivity index (χ2n) is 6.64. The molecule has 0 bridgehead atoms. The summed E-state index contributed by atoms with van der Waals surface area (Å²) in [4.78, 5) is 19.3. The maximum absolute atomic E-state index is 9.45. The van der Waals surface area contributed by atoms with E-state index in [2.05, 4.69) is 24.5 Å². The first-order chi connectivity index (χ1) is 14.7. The maximum atomic E-state index is 9.45. The number of aromatic nitrogens is 2. The normalized spacial score (nSPS) is 10.5. The maximum Gasteiger partial charge on any atom is 0.307 e. The van der Waals surface area contributed by atoms with Gasteiger partial charge in [0.1, 0.15) is 11.6 Å². The lowest BCUT2D eigenvalue weighted by Crippen LogP contribution is -1.93. The summed E-state index contributed by atoms with van der Waals surface area (Å²) in [6.45, 7) is 22.3. The average Bonchev–Trinajstić information content (AvgIpc) is 2.81. The van der Waals surface area contributed by atoms with E-state index in [4.69, 9.17) is 19.7 Å². The number of benzene rings is 4. The Hall–Kier alpha value is -5.04. The van der Waals surface area contributed by atoms with Gasteiger partial charge in [-0.2, -0.15) is 5.26 Å². The highest BCUT2D eigenvalue weighted by atomic mass is 14.9. The highest BCUT2D eigenvalue weighted by molar-refractivity contribution is 6.30. The van der Waals surface area contributed by atoms with Gasteiger partial charge in [0.2, 0.25) is 0 Å². The van der Waals surface area contributed by atoms with Crippen molar-refractivity contribution in [1.82, 2.24) is 9.97 Å². The van der Waals surface area contributed by atoms with E-state index in [0.29, 0.717) is 16.4 Å². The van der Waals surface area contributed by atoms with Crippen LogP contribution in [0.4, 0.5) is 17.2 Å². The van der Waals surface area contributed by atoms with Crippen LogP contribution in [0.25, 0.3) is 57.9 Å². The zero-order valence-corrected chi connectivity index (χ0v) is 15.3. The van der Waals surface area contributed by atoms with Gasteiger partial charge in [0.05, 0.1) is 13.1 Å². The third-order valence-corrected chi connectivity index (χ3v) is 5.15. The van der Waals surface area contributed by atoms with Crippen LogP contribution in [0, 0.1) is 31.0 Å². The molecule has 0 saturated heterocycles. The molecule has 0 unspecified atom stereocenters. The van der Waals surface area contributed by atoms with Gasteiger partial charge in [-0.1, -0.05) is 55.1 Å². The van der Waals surface area contributed by atoms with Gasteiger partial charge >= 0.3 is 5.82 Å². The van der Waals surface area contributed by atoms with Crippen molar-refractivity contribution in [3.63, 3.8) is 0 Å². The van der Waals surface area contributed by atoms with E-state index in [9.17, 15) is 5.26 Å². The lowest BCUT2D eigenvalue weighted by Gasteiger charge is -2.12. The Balaban J connectivity index is 2.19. The summed E-state index contributed by atoms with van der Waals surface area (Å²) in [5.74, 6) is -0.0787. The van der Waals surface area contributed by atoms with Gasteiger partial charge < -0.3 is 4.85 Å². The van der Waals surface area contributed by atoms with Gasteiger partial charge in [-0.25, -0.2) is 4.98 Å². The fourth-order valence-corrected chi connectivity index (χ4v) is 3.87. The van der Waals surface area contributed by atoms with Crippen LogP contribution in [0.5, 0.6) is 0 Å². The standard InChI is InChI=1S/C24H8N6/c1-26-18-10-16-17(11-19(18)27-2)23-22(29-20(12-25)24(28-3)30-23)15-9-8-13-6-4-5-7-14(13)21(15)16/h4-11H. The summed E-state index contributed by atoms with van der Waals surface area (Å²) >= 11 is 0. The number of nitrogens with zero attached hydrogens (tertiary/aromatic N) is 6. The smallest absolute Gasteiger partial charge is 0.307 e. The van der Waals surface area contributed by atoms with Crippen molar-refractivity contribution in [2.45, 2.75) is 0 Å². The second-order valence-corrected chi connectivity index (χ2v) is 6.64. The Morgan fingerprint density at radius 1 is 0.733 bits per heavy atom. The summed E-state index contributed by atoms with van der Waals surface area (Å²) in [5, 5.41) is 14.5. The fourth-order valence-electron chi connectivity index (χ4n) is 3.87. The highest BCUT2D eigenvalue weighted by Crippen LogP contribution is 2.43. The molecule has 0 aliphatic carbocycles. The van der Waals surface area contributed by atoms with Crippen LogP contribution in [0.2, 0.25) is 0 Å². The first-order valence-electron chi connectivity index (χ1n) is 8.85. The van der Waals surface area contributed by atoms with Gasteiger partial charge in [0, 0.05) is 10.8 Å². The molecule has 134 valence electrons. The molecule has 6 nitrogen and oxygen atoms in total. The number of fused-ring (bicyclic) bond motifs is 8. The minimum Gasteiger partial charge on any atom is -0.358 e. The second kappa shape index (κ2) is 6.25. The number of rotatable bonds is 0. The van der Waals surface area contributed by atoms with Crippen LogP contribution < -0.4 is 0 Å². The van der Waals surface area contributed by atoms with Gasteiger partial charge in [0.25, 0.3) is 0 Å². The Morgan fingerprint density at radius 3 is 2.13 bits per heavy atom. The minimum absolute atomic E-state index is 0.0329. The van der Waals surface area contributed by atoms with Gasteiger partial charge in [-0.05, 0) is 21.5 Å². The van der Waals surface area contributed by atoms with E-state index < -0.39 is 0 Å². The topological polar surface area (TPSA) is 62.6 Å². The molecule has 1 aromatic heterocycles. The molecule has 0 radical (unpaired) electrons. The molecule has 5 aromatic rings. The third-order valence-electron chi connectivity index (χ3n) is 5.15. The van der Waals surface area contributed by atoms with Crippen molar-refractivity contribution in [1.29, 1.82) is 5.26 Å². The molecule has 0 aliphatic heterocycles. The summed E-state index contributed by atoms with van der Waals surface area (Å²) < 4.78 is 0. The third kappa shape index (κ3) is 2.20. The van der Waals surface area contributed by atoms with Crippen molar-refractivity contribution < 1.29 is 0 Å². The molecule has 0 saturated carbocycles. The Morgan fingerprint density at radius 2 is 1.43 bits per heavy atom. The van der Waals surface area contributed by atoms with Crippen molar-refractivity contribution in [3.05, 3.63) is 88.5 Å². The van der Waals surface area contributed by atoms with Crippen LogP contribution >= 0.6 is 0 Å². The minimum atomic E-state index is -0.0787. The number of nitriles is 1. The predicted molar refractivity (Wildman–Crippen MR) is 116 cm³/mol. The van der Waals surface area contributed by atoms with Gasteiger partial charge in [-0.3, -0.25) is 9.69 Å². The van der Waals surface area contributed by atoms with E-state index in [1.807, 2.05) is 42.5 Å². The molecule has 5 rings (SSSR count). The average molecular weight is 380 g/mol. The molecule has 30 heavy (non-hydrogen) atoms.